The molecule has 7 nitrogen and oxygen atoms in total. The highest BCUT2D eigenvalue weighted by molar-refractivity contribution is 5.77. The zero-order chi connectivity index (χ0) is 19.2. The van der Waals surface area contributed by atoms with Gasteiger partial charge in [0.1, 0.15) is 11.4 Å². The van der Waals surface area contributed by atoms with Gasteiger partial charge in [0.2, 0.25) is 0 Å². The zero-order valence-electron chi connectivity index (χ0n) is 15.3. The van der Waals surface area contributed by atoms with Crippen molar-refractivity contribution in [3.63, 3.8) is 0 Å². The third-order valence-electron chi connectivity index (χ3n) is 4.20. The van der Waals surface area contributed by atoms with Gasteiger partial charge in [0.15, 0.2) is 12.4 Å². The van der Waals surface area contributed by atoms with Crippen LogP contribution >= 0.6 is 0 Å². The molecule has 2 heterocycles. The molecule has 27 heavy (non-hydrogen) atoms. The molecule has 7 heteroatoms. The molecule has 140 valence electrons. The Labute approximate surface area is 156 Å². The normalized spacial score (nSPS) is 10.6. The Morgan fingerprint density at radius 1 is 1.19 bits per heavy atom. The van der Waals surface area contributed by atoms with Gasteiger partial charge < -0.3 is 14.5 Å². The average molecular weight is 367 g/mol. The molecule has 0 unspecified atom stereocenters. The lowest BCUT2D eigenvalue weighted by Crippen LogP contribution is -2.34. The van der Waals surface area contributed by atoms with E-state index in [0.717, 1.165) is 11.1 Å². The number of nitrogens with one attached hydrogen (secondary N) is 1. The first-order valence-corrected chi connectivity index (χ1v) is 8.62. The van der Waals surface area contributed by atoms with Gasteiger partial charge in [-0.05, 0) is 49.2 Å². The lowest BCUT2D eigenvalue weighted by Gasteiger charge is -2.11. The number of amides is 1. The molecule has 0 bridgehead atoms. The van der Waals surface area contributed by atoms with E-state index in [1.807, 2.05) is 32.0 Å². The molecule has 0 fully saturated rings. The molecular weight excluding hydrogens is 346 g/mol. The zero-order valence-corrected chi connectivity index (χ0v) is 15.3. The van der Waals surface area contributed by atoms with E-state index in [2.05, 4.69) is 10.4 Å². The van der Waals surface area contributed by atoms with Crippen LogP contribution in [0.2, 0.25) is 0 Å². The maximum absolute atomic E-state index is 12.0. The summed E-state index contributed by atoms with van der Waals surface area (Å²) in [6, 6.07) is 12.3. The maximum atomic E-state index is 12.0. The van der Waals surface area contributed by atoms with Gasteiger partial charge >= 0.3 is 0 Å². The van der Waals surface area contributed by atoms with Gasteiger partial charge in [-0.2, -0.15) is 5.10 Å². The first-order chi connectivity index (χ1) is 13.0. The number of aromatic nitrogens is 2. The molecule has 1 N–H and O–H groups in total. The van der Waals surface area contributed by atoms with Crippen LogP contribution in [0.25, 0.3) is 11.5 Å². The number of nitrogens with zero attached hydrogens (tertiary/aromatic N) is 2. The van der Waals surface area contributed by atoms with Gasteiger partial charge in [-0.25, -0.2) is 4.68 Å². The molecule has 3 aromatic rings. The summed E-state index contributed by atoms with van der Waals surface area (Å²) < 4.78 is 12.1. The summed E-state index contributed by atoms with van der Waals surface area (Å²) in [7, 11) is 0. The summed E-state index contributed by atoms with van der Waals surface area (Å²) in [5.41, 5.74) is 2.43. The van der Waals surface area contributed by atoms with Crippen molar-refractivity contribution in [2.75, 3.05) is 13.2 Å². The minimum absolute atomic E-state index is 0.0843. The van der Waals surface area contributed by atoms with Crippen LogP contribution in [0.15, 0.2) is 57.9 Å². The molecular formula is C20H21N3O4. The van der Waals surface area contributed by atoms with Crippen LogP contribution in [-0.4, -0.2) is 28.8 Å². The van der Waals surface area contributed by atoms with Crippen molar-refractivity contribution in [1.29, 1.82) is 0 Å². The Balaban J connectivity index is 1.52. The number of carbonyl (C=O) groups is 1. The summed E-state index contributed by atoms with van der Waals surface area (Å²) >= 11 is 0. The van der Waals surface area contributed by atoms with Crippen molar-refractivity contribution in [1.82, 2.24) is 15.1 Å². The van der Waals surface area contributed by atoms with Gasteiger partial charge in [0.05, 0.1) is 12.8 Å². The van der Waals surface area contributed by atoms with E-state index in [1.165, 1.54) is 10.7 Å². The number of hydrogen-bond donors (Lipinski definition) is 1. The van der Waals surface area contributed by atoms with E-state index < -0.39 is 0 Å². The number of carbonyl (C=O) groups excluding carboxylic acids is 1. The molecule has 0 saturated heterocycles. The van der Waals surface area contributed by atoms with Crippen LogP contribution in [-0.2, 0) is 11.3 Å². The summed E-state index contributed by atoms with van der Waals surface area (Å²) in [6.45, 7) is 4.38. The SMILES string of the molecule is Cc1cccc(OCC(=O)NCCn2nc(-c3ccco3)ccc2=O)c1C. The van der Waals surface area contributed by atoms with Gasteiger partial charge in [-0.15, -0.1) is 0 Å². The predicted octanol–water partition coefficient (Wildman–Crippen LogP) is 2.32. The molecule has 3 rings (SSSR count). The molecule has 2 aromatic heterocycles. The number of aryl methyl sites for hydroxylation is 1. The summed E-state index contributed by atoms with van der Waals surface area (Å²) in [4.78, 5) is 23.9. The average Bonchev–Trinajstić information content (AvgIpc) is 3.19. The van der Waals surface area contributed by atoms with E-state index in [0.29, 0.717) is 17.2 Å². The largest absolute Gasteiger partial charge is 0.483 e. The van der Waals surface area contributed by atoms with Crippen molar-refractivity contribution in [3.8, 4) is 17.2 Å². The fourth-order valence-electron chi connectivity index (χ4n) is 2.54. The molecule has 0 radical (unpaired) electrons. The van der Waals surface area contributed by atoms with E-state index in [9.17, 15) is 9.59 Å². The van der Waals surface area contributed by atoms with E-state index >= 15 is 0 Å². The Bertz CT molecular complexity index is 977. The second-order valence-corrected chi connectivity index (χ2v) is 6.09. The number of benzene rings is 1. The maximum Gasteiger partial charge on any atom is 0.266 e. The van der Waals surface area contributed by atoms with Crippen molar-refractivity contribution in [2.24, 2.45) is 0 Å². The Morgan fingerprint density at radius 2 is 2.04 bits per heavy atom. The topological polar surface area (TPSA) is 86.4 Å². The summed E-state index contributed by atoms with van der Waals surface area (Å²) in [5.74, 6) is 1.01. The van der Waals surface area contributed by atoms with Crippen molar-refractivity contribution in [3.05, 3.63) is 70.2 Å². The summed E-state index contributed by atoms with van der Waals surface area (Å²) in [6.07, 6.45) is 1.54. The minimum atomic E-state index is -0.258. The molecule has 0 atom stereocenters. The Hall–Kier alpha value is -3.35. The number of rotatable bonds is 7. The van der Waals surface area contributed by atoms with Crippen LogP contribution < -0.4 is 15.6 Å². The molecule has 1 amide bonds. The second-order valence-electron chi connectivity index (χ2n) is 6.09. The minimum Gasteiger partial charge on any atom is -0.483 e. The summed E-state index contributed by atoms with van der Waals surface area (Å²) in [5, 5.41) is 6.98. The Kier molecular flexibility index (Phi) is 5.71. The van der Waals surface area contributed by atoms with Gasteiger partial charge in [0, 0.05) is 12.6 Å². The van der Waals surface area contributed by atoms with Crippen LogP contribution in [0.3, 0.4) is 0 Å². The third-order valence-corrected chi connectivity index (χ3v) is 4.20. The van der Waals surface area contributed by atoms with Crippen molar-refractivity contribution < 1.29 is 13.9 Å². The van der Waals surface area contributed by atoms with E-state index in [1.54, 1.807) is 24.5 Å². The third kappa shape index (κ3) is 4.63. The number of furan rings is 1. The molecule has 0 aliphatic carbocycles. The lowest BCUT2D eigenvalue weighted by molar-refractivity contribution is -0.123. The number of hydrogen-bond acceptors (Lipinski definition) is 5. The highest BCUT2D eigenvalue weighted by Gasteiger charge is 2.08. The predicted molar refractivity (Wildman–Crippen MR) is 101 cm³/mol. The standard InChI is InChI=1S/C20H21N3O4/c1-14-5-3-6-17(15(14)2)27-13-19(24)21-10-11-23-20(25)9-8-16(22-23)18-7-4-12-26-18/h3-9,12H,10-11,13H2,1-2H3,(H,21,24). The Morgan fingerprint density at radius 3 is 2.81 bits per heavy atom. The fourth-order valence-corrected chi connectivity index (χ4v) is 2.54. The smallest absolute Gasteiger partial charge is 0.266 e. The van der Waals surface area contributed by atoms with Crippen LogP contribution in [0, 0.1) is 13.8 Å². The first-order valence-electron chi connectivity index (χ1n) is 8.62. The molecule has 0 saturated carbocycles. The highest BCUT2D eigenvalue weighted by Crippen LogP contribution is 2.20. The quantitative estimate of drug-likeness (QED) is 0.693. The van der Waals surface area contributed by atoms with E-state index in [4.69, 9.17) is 9.15 Å². The van der Waals surface area contributed by atoms with Crippen molar-refractivity contribution >= 4 is 5.91 Å². The van der Waals surface area contributed by atoms with Crippen LogP contribution in [0.4, 0.5) is 0 Å². The lowest BCUT2D eigenvalue weighted by atomic mass is 10.1. The van der Waals surface area contributed by atoms with Crippen LogP contribution in [0.5, 0.6) is 5.75 Å². The van der Waals surface area contributed by atoms with Gasteiger partial charge in [0.25, 0.3) is 11.5 Å². The molecule has 0 aliphatic heterocycles. The fraction of sp³-hybridized carbons (Fsp3) is 0.250. The van der Waals surface area contributed by atoms with Gasteiger partial charge in [-0.1, -0.05) is 12.1 Å². The van der Waals surface area contributed by atoms with Crippen molar-refractivity contribution in [2.45, 2.75) is 20.4 Å². The first kappa shape index (κ1) is 18.4. The molecule has 1 aromatic carbocycles. The van der Waals surface area contributed by atoms with E-state index in [-0.39, 0.29) is 31.2 Å². The second kappa shape index (κ2) is 8.35. The number of ether oxygens (including phenoxy) is 1. The highest BCUT2D eigenvalue weighted by atomic mass is 16.5. The molecule has 0 aliphatic rings. The monoisotopic (exact) mass is 367 g/mol. The van der Waals surface area contributed by atoms with Crippen LogP contribution in [0.1, 0.15) is 11.1 Å². The molecule has 0 spiro atoms. The van der Waals surface area contributed by atoms with Gasteiger partial charge in [-0.3, -0.25) is 9.59 Å².